The van der Waals surface area contributed by atoms with Gasteiger partial charge >= 0.3 is 0 Å². The van der Waals surface area contributed by atoms with Crippen molar-refractivity contribution in [2.45, 2.75) is 13.1 Å². The number of carbonyl (C=O) groups excluding carboxylic acids is 1. The molecule has 4 aromatic rings. The third kappa shape index (κ3) is 3.68. The lowest BCUT2D eigenvalue weighted by atomic mass is 10.2. The summed E-state index contributed by atoms with van der Waals surface area (Å²) in [4.78, 5) is 21.1. The van der Waals surface area contributed by atoms with E-state index in [4.69, 9.17) is 11.6 Å². The molecule has 5 nitrogen and oxygen atoms in total. The zero-order chi connectivity index (χ0) is 18.6. The van der Waals surface area contributed by atoms with Crippen molar-refractivity contribution in [1.82, 2.24) is 19.9 Å². The summed E-state index contributed by atoms with van der Waals surface area (Å²) in [5.41, 5.74) is 3.26. The number of amides is 1. The van der Waals surface area contributed by atoms with E-state index in [9.17, 15) is 4.79 Å². The molecule has 2 heterocycles. The molecule has 0 aliphatic carbocycles. The number of hydrogen-bond donors (Lipinski definition) is 1. The third-order valence-electron chi connectivity index (χ3n) is 4.32. The van der Waals surface area contributed by atoms with Crippen molar-refractivity contribution >= 4 is 28.5 Å². The lowest BCUT2D eigenvalue weighted by molar-refractivity contribution is 0.0944. The molecule has 1 N–H and O–H groups in total. The molecule has 134 valence electrons. The smallest absolute Gasteiger partial charge is 0.270 e. The molecule has 2 aromatic carbocycles. The Kier molecular flexibility index (Phi) is 4.85. The number of carbonyl (C=O) groups is 1. The van der Waals surface area contributed by atoms with Crippen LogP contribution in [0.3, 0.4) is 0 Å². The third-order valence-corrected chi connectivity index (χ3v) is 4.69. The maximum absolute atomic E-state index is 12.3. The first kappa shape index (κ1) is 17.2. The van der Waals surface area contributed by atoms with Crippen LogP contribution < -0.4 is 5.32 Å². The number of benzene rings is 2. The van der Waals surface area contributed by atoms with Crippen LogP contribution in [0, 0.1) is 0 Å². The number of nitrogens with one attached hydrogen (secondary N) is 1. The fourth-order valence-corrected chi connectivity index (χ4v) is 3.18. The molecule has 0 atom stereocenters. The van der Waals surface area contributed by atoms with Crippen LogP contribution >= 0.6 is 11.6 Å². The molecular formula is C21H17ClN4O. The Morgan fingerprint density at radius 2 is 1.78 bits per heavy atom. The normalized spacial score (nSPS) is 10.9. The highest BCUT2D eigenvalue weighted by atomic mass is 35.5. The van der Waals surface area contributed by atoms with E-state index in [0.717, 1.165) is 22.4 Å². The summed E-state index contributed by atoms with van der Waals surface area (Å²) < 4.78 is 2.08. The summed E-state index contributed by atoms with van der Waals surface area (Å²) in [5.74, 6) is 0.535. The van der Waals surface area contributed by atoms with Gasteiger partial charge in [0.1, 0.15) is 11.5 Å². The number of pyridine rings is 1. The zero-order valence-electron chi connectivity index (χ0n) is 14.5. The minimum Gasteiger partial charge on any atom is -0.343 e. The van der Waals surface area contributed by atoms with Gasteiger partial charge in [-0.2, -0.15) is 0 Å². The largest absolute Gasteiger partial charge is 0.343 e. The van der Waals surface area contributed by atoms with E-state index in [1.54, 1.807) is 24.4 Å². The number of hydrogen-bond acceptors (Lipinski definition) is 3. The first-order valence-electron chi connectivity index (χ1n) is 8.59. The SMILES string of the molecule is O=C(NCc1nc2ccccc2n1Cc1ccccc1Cl)c1ccccn1. The summed E-state index contributed by atoms with van der Waals surface area (Å²) in [6.07, 6.45) is 1.60. The van der Waals surface area contributed by atoms with Gasteiger partial charge in [0.05, 0.1) is 24.1 Å². The number of rotatable bonds is 5. The van der Waals surface area contributed by atoms with Gasteiger partial charge in [-0.1, -0.05) is 48.0 Å². The van der Waals surface area contributed by atoms with E-state index >= 15 is 0 Å². The average Bonchev–Trinajstić information content (AvgIpc) is 3.06. The summed E-state index contributed by atoms with van der Waals surface area (Å²) in [7, 11) is 0. The molecular weight excluding hydrogens is 360 g/mol. The van der Waals surface area contributed by atoms with Crippen LogP contribution in [0.1, 0.15) is 21.9 Å². The zero-order valence-corrected chi connectivity index (χ0v) is 15.2. The minimum absolute atomic E-state index is 0.230. The van der Waals surface area contributed by atoms with E-state index in [-0.39, 0.29) is 5.91 Å². The molecule has 0 aliphatic rings. The number of para-hydroxylation sites is 2. The first-order chi connectivity index (χ1) is 13.2. The van der Waals surface area contributed by atoms with Gasteiger partial charge in [-0.05, 0) is 35.9 Å². The van der Waals surface area contributed by atoms with Crippen LogP contribution in [-0.4, -0.2) is 20.4 Å². The molecule has 0 fully saturated rings. The highest BCUT2D eigenvalue weighted by molar-refractivity contribution is 6.31. The maximum Gasteiger partial charge on any atom is 0.270 e. The van der Waals surface area contributed by atoms with E-state index < -0.39 is 0 Å². The topological polar surface area (TPSA) is 59.8 Å². The molecule has 0 saturated heterocycles. The van der Waals surface area contributed by atoms with Crippen molar-refractivity contribution in [2.75, 3.05) is 0 Å². The lowest BCUT2D eigenvalue weighted by Crippen LogP contribution is -2.25. The van der Waals surface area contributed by atoms with Gasteiger partial charge in [0.25, 0.3) is 5.91 Å². The monoisotopic (exact) mass is 376 g/mol. The highest BCUT2D eigenvalue weighted by Gasteiger charge is 2.14. The number of nitrogens with zero attached hydrogens (tertiary/aromatic N) is 3. The standard InChI is InChI=1S/C21H17ClN4O/c22-16-8-2-1-7-15(16)14-26-19-11-4-3-9-17(19)25-20(26)13-24-21(27)18-10-5-6-12-23-18/h1-12H,13-14H2,(H,24,27). The van der Waals surface area contributed by atoms with Gasteiger partial charge in [-0.3, -0.25) is 9.78 Å². The van der Waals surface area contributed by atoms with Gasteiger partial charge in [0.15, 0.2) is 0 Å². The molecule has 0 unspecified atom stereocenters. The molecule has 1 amide bonds. The molecule has 0 spiro atoms. The fraction of sp³-hybridized carbons (Fsp3) is 0.0952. The molecule has 0 radical (unpaired) electrons. The molecule has 0 bridgehead atoms. The Morgan fingerprint density at radius 1 is 1.00 bits per heavy atom. The molecule has 27 heavy (non-hydrogen) atoms. The fourth-order valence-electron chi connectivity index (χ4n) is 2.98. The van der Waals surface area contributed by atoms with Crippen molar-refractivity contribution < 1.29 is 4.79 Å². The van der Waals surface area contributed by atoms with Crippen LogP contribution in [0.5, 0.6) is 0 Å². The first-order valence-corrected chi connectivity index (χ1v) is 8.97. The molecule has 4 rings (SSSR count). The quantitative estimate of drug-likeness (QED) is 0.571. The summed E-state index contributed by atoms with van der Waals surface area (Å²) >= 11 is 6.34. The Balaban J connectivity index is 1.64. The number of halogens is 1. The van der Waals surface area contributed by atoms with E-state index in [2.05, 4.69) is 19.9 Å². The van der Waals surface area contributed by atoms with Gasteiger partial charge in [0.2, 0.25) is 0 Å². The maximum atomic E-state index is 12.3. The Labute approximate surface area is 161 Å². The number of fused-ring (bicyclic) bond motifs is 1. The van der Waals surface area contributed by atoms with Gasteiger partial charge in [-0.25, -0.2) is 4.98 Å². The molecule has 0 aliphatic heterocycles. The van der Waals surface area contributed by atoms with Crippen molar-refractivity contribution in [1.29, 1.82) is 0 Å². The van der Waals surface area contributed by atoms with Gasteiger partial charge < -0.3 is 9.88 Å². The van der Waals surface area contributed by atoms with Crippen molar-refractivity contribution in [2.24, 2.45) is 0 Å². The number of aromatic nitrogens is 3. The van der Waals surface area contributed by atoms with E-state index in [0.29, 0.717) is 23.8 Å². The summed E-state index contributed by atoms with van der Waals surface area (Å²) in [6, 6.07) is 20.9. The lowest BCUT2D eigenvalue weighted by Gasteiger charge is -2.11. The molecule has 2 aromatic heterocycles. The number of imidazole rings is 1. The van der Waals surface area contributed by atoms with Crippen molar-refractivity contribution in [3.63, 3.8) is 0 Å². The van der Waals surface area contributed by atoms with Gasteiger partial charge in [-0.15, -0.1) is 0 Å². The predicted octanol–water partition coefficient (Wildman–Crippen LogP) is 4.06. The Bertz CT molecular complexity index is 1090. The molecule has 0 saturated carbocycles. The minimum atomic E-state index is -0.230. The Morgan fingerprint density at radius 3 is 2.59 bits per heavy atom. The summed E-state index contributed by atoms with van der Waals surface area (Å²) in [5, 5.41) is 3.61. The van der Waals surface area contributed by atoms with Crippen LogP contribution in [0.4, 0.5) is 0 Å². The van der Waals surface area contributed by atoms with Crippen molar-refractivity contribution in [3.8, 4) is 0 Å². The highest BCUT2D eigenvalue weighted by Crippen LogP contribution is 2.21. The van der Waals surface area contributed by atoms with Crippen molar-refractivity contribution in [3.05, 3.63) is 95.0 Å². The second-order valence-corrected chi connectivity index (χ2v) is 6.50. The van der Waals surface area contributed by atoms with Gasteiger partial charge in [0, 0.05) is 11.2 Å². The van der Waals surface area contributed by atoms with Crippen LogP contribution in [0.25, 0.3) is 11.0 Å². The predicted molar refractivity (Wildman–Crippen MR) is 106 cm³/mol. The summed E-state index contributed by atoms with van der Waals surface area (Å²) in [6.45, 7) is 0.878. The second-order valence-electron chi connectivity index (χ2n) is 6.09. The van der Waals surface area contributed by atoms with Crippen LogP contribution in [-0.2, 0) is 13.1 Å². The van der Waals surface area contributed by atoms with E-state index in [1.807, 2.05) is 48.5 Å². The van der Waals surface area contributed by atoms with E-state index in [1.165, 1.54) is 0 Å². The average molecular weight is 377 g/mol. The Hall–Kier alpha value is -3.18. The van der Waals surface area contributed by atoms with Crippen LogP contribution in [0.15, 0.2) is 72.9 Å². The second kappa shape index (κ2) is 7.60. The molecule has 6 heteroatoms. The van der Waals surface area contributed by atoms with Crippen LogP contribution in [0.2, 0.25) is 5.02 Å².